The zero-order chi connectivity index (χ0) is 12.7. The number of benzene rings is 1. The van der Waals surface area contributed by atoms with Gasteiger partial charge < -0.3 is 9.84 Å². The summed E-state index contributed by atoms with van der Waals surface area (Å²) >= 11 is 1.93. The summed E-state index contributed by atoms with van der Waals surface area (Å²) in [4.78, 5) is 4.57. The standard InChI is InChI=1S/C14H15N3OS/c1-2-12(19-7-1)13-16-14(18-17-13)10-3-4-11-9(8-10)5-6-15-11/h3-4,8,12,15H,1-2,5-7H2. The molecule has 2 aliphatic heterocycles. The van der Waals surface area contributed by atoms with Crippen LogP contribution in [0.1, 0.15) is 29.5 Å². The molecule has 1 aromatic heterocycles. The molecule has 0 amide bonds. The fraction of sp³-hybridized carbons (Fsp3) is 0.429. The number of anilines is 1. The summed E-state index contributed by atoms with van der Waals surface area (Å²) in [6.45, 7) is 1.02. The molecule has 2 aromatic rings. The second kappa shape index (κ2) is 4.56. The molecule has 0 saturated carbocycles. The second-order valence-electron chi connectivity index (χ2n) is 5.01. The van der Waals surface area contributed by atoms with Crippen LogP contribution in [0.2, 0.25) is 0 Å². The molecule has 5 heteroatoms. The van der Waals surface area contributed by atoms with Crippen molar-refractivity contribution in [1.82, 2.24) is 10.1 Å². The average Bonchev–Trinajstić information content (AvgIpc) is 3.18. The van der Waals surface area contributed by atoms with Crippen LogP contribution in [0.5, 0.6) is 0 Å². The van der Waals surface area contributed by atoms with E-state index in [1.54, 1.807) is 0 Å². The fourth-order valence-corrected chi connectivity index (χ4v) is 3.90. The monoisotopic (exact) mass is 273 g/mol. The van der Waals surface area contributed by atoms with Gasteiger partial charge in [0, 0.05) is 17.8 Å². The number of aromatic nitrogens is 2. The molecular weight excluding hydrogens is 258 g/mol. The first kappa shape index (κ1) is 11.3. The lowest BCUT2D eigenvalue weighted by Gasteiger charge is -2.01. The zero-order valence-corrected chi connectivity index (χ0v) is 11.4. The van der Waals surface area contributed by atoms with Crippen LogP contribution in [-0.2, 0) is 6.42 Å². The normalized spacial score (nSPS) is 21.4. The molecule has 0 spiro atoms. The number of thioether (sulfide) groups is 1. The maximum absolute atomic E-state index is 5.43. The van der Waals surface area contributed by atoms with Gasteiger partial charge in [-0.1, -0.05) is 5.16 Å². The van der Waals surface area contributed by atoms with E-state index in [0.29, 0.717) is 11.1 Å². The SMILES string of the molecule is c1cc2c(cc1-c1nc(C3CCCS3)no1)CCN2. The van der Waals surface area contributed by atoms with Crippen LogP contribution in [0.15, 0.2) is 22.7 Å². The third kappa shape index (κ3) is 2.02. The predicted octanol–water partition coefficient (Wildman–Crippen LogP) is 3.27. The van der Waals surface area contributed by atoms with E-state index < -0.39 is 0 Å². The summed E-state index contributed by atoms with van der Waals surface area (Å²) in [5, 5.41) is 7.93. The third-order valence-electron chi connectivity index (χ3n) is 3.72. The van der Waals surface area contributed by atoms with Gasteiger partial charge in [-0.25, -0.2) is 0 Å². The lowest BCUT2D eigenvalue weighted by atomic mass is 10.1. The van der Waals surface area contributed by atoms with Gasteiger partial charge in [-0.05, 0) is 48.8 Å². The first-order valence-electron chi connectivity index (χ1n) is 6.72. The minimum atomic E-state index is 0.425. The molecule has 1 unspecified atom stereocenters. The van der Waals surface area contributed by atoms with Crippen molar-refractivity contribution in [3.05, 3.63) is 29.6 Å². The second-order valence-corrected chi connectivity index (χ2v) is 6.32. The van der Waals surface area contributed by atoms with Crippen molar-refractivity contribution < 1.29 is 4.52 Å². The van der Waals surface area contributed by atoms with E-state index in [1.165, 1.54) is 23.4 Å². The Balaban J connectivity index is 1.65. The van der Waals surface area contributed by atoms with Gasteiger partial charge in [-0.3, -0.25) is 0 Å². The summed E-state index contributed by atoms with van der Waals surface area (Å²) in [7, 11) is 0. The third-order valence-corrected chi connectivity index (χ3v) is 5.09. The summed E-state index contributed by atoms with van der Waals surface area (Å²) in [6.07, 6.45) is 3.49. The van der Waals surface area contributed by atoms with Crippen molar-refractivity contribution in [1.29, 1.82) is 0 Å². The molecule has 1 N–H and O–H groups in total. The van der Waals surface area contributed by atoms with Crippen LogP contribution in [0.3, 0.4) is 0 Å². The van der Waals surface area contributed by atoms with E-state index in [0.717, 1.165) is 30.8 Å². The molecule has 3 heterocycles. The van der Waals surface area contributed by atoms with Gasteiger partial charge in [0.05, 0.1) is 5.25 Å². The molecule has 2 aliphatic rings. The van der Waals surface area contributed by atoms with Crippen LogP contribution >= 0.6 is 11.8 Å². The summed E-state index contributed by atoms with van der Waals surface area (Å²) in [5.41, 5.74) is 3.60. The maximum Gasteiger partial charge on any atom is 0.257 e. The highest BCUT2D eigenvalue weighted by atomic mass is 32.2. The van der Waals surface area contributed by atoms with E-state index >= 15 is 0 Å². The van der Waals surface area contributed by atoms with E-state index in [1.807, 2.05) is 11.8 Å². The van der Waals surface area contributed by atoms with Crippen molar-refractivity contribution in [2.45, 2.75) is 24.5 Å². The van der Waals surface area contributed by atoms with Gasteiger partial charge in [0.1, 0.15) is 0 Å². The molecule has 4 nitrogen and oxygen atoms in total. The quantitative estimate of drug-likeness (QED) is 0.910. The Morgan fingerprint density at radius 1 is 1.37 bits per heavy atom. The van der Waals surface area contributed by atoms with E-state index in [-0.39, 0.29) is 0 Å². The summed E-state index contributed by atoms with van der Waals surface area (Å²) < 4.78 is 5.43. The Morgan fingerprint density at radius 3 is 3.26 bits per heavy atom. The number of hydrogen-bond donors (Lipinski definition) is 1. The first-order valence-corrected chi connectivity index (χ1v) is 7.77. The van der Waals surface area contributed by atoms with Crippen LogP contribution in [0.4, 0.5) is 5.69 Å². The number of nitrogens with one attached hydrogen (secondary N) is 1. The molecule has 1 aromatic carbocycles. The zero-order valence-electron chi connectivity index (χ0n) is 10.6. The number of fused-ring (bicyclic) bond motifs is 1. The van der Waals surface area contributed by atoms with E-state index in [4.69, 9.17) is 4.52 Å². The predicted molar refractivity (Wildman–Crippen MR) is 76.4 cm³/mol. The lowest BCUT2D eigenvalue weighted by molar-refractivity contribution is 0.421. The van der Waals surface area contributed by atoms with Crippen LogP contribution in [0, 0.1) is 0 Å². The molecule has 1 fully saturated rings. The Hall–Kier alpha value is -1.49. The van der Waals surface area contributed by atoms with Crippen LogP contribution in [0.25, 0.3) is 11.5 Å². The van der Waals surface area contributed by atoms with Gasteiger partial charge >= 0.3 is 0 Å². The van der Waals surface area contributed by atoms with E-state index in [2.05, 4.69) is 33.7 Å². The Kier molecular flexibility index (Phi) is 2.72. The molecule has 0 aliphatic carbocycles. The van der Waals surface area contributed by atoms with Gasteiger partial charge in [0.15, 0.2) is 5.82 Å². The van der Waals surface area contributed by atoms with Crippen molar-refractivity contribution in [2.24, 2.45) is 0 Å². The first-order chi connectivity index (χ1) is 9.40. The highest BCUT2D eigenvalue weighted by Crippen LogP contribution is 2.39. The smallest absolute Gasteiger partial charge is 0.257 e. The molecule has 0 bridgehead atoms. The number of nitrogens with zero attached hydrogens (tertiary/aromatic N) is 2. The molecule has 1 saturated heterocycles. The van der Waals surface area contributed by atoms with Gasteiger partial charge in [-0.15, -0.1) is 0 Å². The minimum Gasteiger partial charge on any atom is -0.384 e. The molecule has 0 radical (unpaired) electrons. The summed E-state index contributed by atoms with van der Waals surface area (Å²) in [6, 6.07) is 6.32. The Bertz CT molecular complexity index is 604. The summed E-state index contributed by atoms with van der Waals surface area (Å²) in [5.74, 6) is 2.72. The average molecular weight is 273 g/mol. The lowest BCUT2D eigenvalue weighted by Crippen LogP contribution is -1.91. The van der Waals surface area contributed by atoms with Gasteiger partial charge in [0.2, 0.25) is 0 Å². The largest absolute Gasteiger partial charge is 0.384 e. The van der Waals surface area contributed by atoms with E-state index in [9.17, 15) is 0 Å². The van der Waals surface area contributed by atoms with Crippen molar-refractivity contribution in [3.63, 3.8) is 0 Å². The Labute approximate surface area is 116 Å². The fourth-order valence-electron chi connectivity index (χ4n) is 2.70. The highest BCUT2D eigenvalue weighted by Gasteiger charge is 2.23. The van der Waals surface area contributed by atoms with Crippen LogP contribution < -0.4 is 5.32 Å². The highest BCUT2D eigenvalue weighted by molar-refractivity contribution is 7.99. The molecule has 1 atom stereocenters. The van der Waals surface area contributed by atoms with Crippen molar-refractivity contribution in [3.8, 4) is 11.5 Å². The molecule has 4 rings (SSSR count). The number of rotatable bonds is 2. The van der Waals surface area contributed by atoms with Gasteiger partial charge in [0.25, 0.3) is 5.89 Å². The van der Waals surface area contributed by atoms with Crippen molar-refractivity contribution >= 4 is 17.4 Å². The van der Waals surface area contributed by atoms with Crippen molar-refractivity contribution in [2.75, 3.05) is 17.6 Å². The van der Waals surface area contributed by atoms with Gasteiger partial charge in [-0.2, -0.15) is 16.7 Å². The maximum atomic E-state index is 5.43. The molecule has 19 heavy (non-hydrogen) atoms. The minimum absolute atomic E-state index is 0.425. The number of hydrogen-bond acceptors (Lipinski definition) is 5. The molecule has 98 valence electrons. The molecular formula is C14H15N3OS. The Morgan fingerprint density at radius 2 is 2.37 bits per heavy atom. The van der Waals surface area contributed by atoms with Crippen LogP contribution in [-0.4, -0.2) is 22.4 Å². The topological polar surface area (TPSA) is 51.0 Å².